The van der Waals surface area contributed by atoms with Crippen LogP contribution in [0.5, 0.6) is 11.5 Å². The third-order valence-electron chi connectivity index (χ3n) is 4.58. The van der Waals surface area contributed by atoms with E-state index in [0.717, 1.165) is 5.56 Å². The van der Waals surface area contributed by atoms with E-state index >= 15 is 0 Å². The smallest absolute Gasteiger partial charge is 0.263 e. The number of amides is 2. The molecule has 1 aliphatic rings. The fraction of sp³-hybridized carbons (Fsp3) is 0.364. The summed E-state index contributed by atoms with van der Waals surface area (Å²) in [5.74, 6) is 1.50. The number of fused-ring (bicyclic) bond motifs is 1. The molecule has 3 rings (SSSR count). The molecule has 1 heterocycles. The second-order valence-electron chi connectivity index (χ2n) is 7.38. The van der Waals surface area contributed by atoms with Crippen LogP contribution in [0.4, 0.5) is 5.69 Å². The van der Waals surface area contributed by atoms with E-state index in [0.29, 0.717) is 41.8 Å². The maximum absolute atomic E-state index is 12.6. The molecule has 0 bridgehead atoms. The van der Waals surface area contributed by atoms with Crippen molar-refractivity contribution >= 4 is 17.5 Å². The SMILES string of the molecule is COc1ccc(C(=O)Nc2ccc3c(c2)CN(CC(C)C)C(=O)C(C)O3)cc1. The average molecular weight is 382 g/mol. The maximum atomic E-state index is 12.6. The van der Waals surface area contributed by atoms with Gasteiger partial charge in [-0.1, -0.05) is 13.8 Å². The first kappa shape index (κ1) is 19.7. The highest BCUT2D eigenvalue weighted by molar-refractivity contribution is 6.04. The monoisotopic (exact) mass is 382 g/mol. The summed E-state index contributed by atoms with van der Waals surface area (Å²) in [7, 11) is 1.58. The Morgan fingerprint density at radius 2 is 1.96 bits per heavy atom. The number of hydrogen-bond donors (Lipinski definition) is 1. The van der Waals surface area contributed by atoms with Gasteiger partial charge in [0.1, 0.15) is 11.5 Å². The Bertz CT molecular complexity index is 861. The molecular weight excluding hydrogens is 356 g/mol. The highest BCUT2D eigenvalue weighted by Crippen LogP contribution is 2.29. The van der Waals surface area contributed by atoms with Crippen molar-refractivity contribution in [1.29, 1.82) is 0 Å². The lowest BCUT2D eigenvalue weighted by Gasteiger charge is -2.24. The lowest BCUT2D eigenvalue weighted by molar-refractivity contribution is -0.138. The summed E-state index contributed by atoms with van der Waals surface area (Å²) in [4.78, 5) is 26.9. The van der Waals surface area contributed by atoms with Crippen LogP contribution in [0.2, 0.25) is 0 Å². The number of carbonyl (C=O) groups is 2. The van der Waals surface area contributed by atoms with Crippen molar-refractivity contribution in [2.24, 2.45) is 5.92 Å². The quantitative estimate of drug-likeness (QED) is 0.856. The van der Waals surface area contributed by atoms with Crippen LogP contribution in [-0.4, -0.2) is 36.5 Å². The number of ether oxygens (including phenoxy) is 2. The molecule has 0 radical (unpaired) electrons. The molecule has 1 atom stereocenters. The third kappa shape index (κ3) is 4.44. The number of hydrogen-bond acceptors (Lipinski definition) is 4. The molecule has 0 saturated heterocycles. The zero-order valence-electron chi connectivity index (χ0n) is 16.7. The highest BCUT2D eigenvalue weighted by atomic mass is 16.5. The van der Waals surface area contributed by atoms with Crippen molar-refractivity contribution in [3.8, 4) is 11.5 Å². The lowest BCUT2D eigenvalue weighted by atomic mass is 10.1. The van der Waals surface area contributed by atoms with Gasteiger partial charge in [0, 0.05) is 29.9 Å². The fourth-order valence-corrected chi connectivity index (χ4v) is 3.22. The Morgan fingerprint density at radius 3 is 2.61 bits per heavy atom. The lowest BCUT2D eigenvalue weighted by Crippen LogP contribution is -2.39. The molecule has 2 aromatic carbocycles. The Hall–Kier alpha value is -3.02. The third-order valence-corrected chi connectivity index (χ3v) is 4.58. The zero-order chi connectivity index (χ0) is 20.3. The summed E-state index contributed by atoms with van der Waals surface area (Å²) in [6, 6.07) is 12.4. The van der Waals surface area contributed by atoms with Crippen molar-refractivity contribution in [2.45, 2.75) is 33.4 Å². The molecule has 0 aromatic heterocycles. The standard InChI is InChI=1S/C22H26N2O4/c1-14(2)12-24-13-17-11-18(7-10-20(17)28-15(3)22(24)26)23-21(25)16-5-8-19(27-4)9-6-16/h5-11,14-15H,12-13H2,1-4H3,(H,23,25). The number of methoxy groups -OCH3 is 1. The summed E-state index contributed by atoms with van der Waals surface area (Å²) in [5.41, 5.74) is 2.08. The molecule has 0 spiro atoms. The van der Waals surface area contributed by atoms with Gasteiger partial charge in [-0.2, -0.15) is 0 Å². The van der Waals surface area contributed by atoms with E-state index < -0.39 is 6.10 Å². The molecule has 1 aliphatic heterocycles. The van der Waals surface area contributed by atoms with Gasteiger partial charge in [0.2, 0.25) is 0 Å². The molecule has 2 amide bonds. The molecule has 2 aromatic rings. The topological polar surface area (TPSA) is 67.9 Å². The van der Waals surface area contributed by atoms with Gasteiger partial charge in [0.05, 0.1) is 7.11 Å². The first-order chi connectivity index (χ1) is 13.4. The maximum Gasteiger partial charge on any atom is 0.263 e. The second kappa shape index (κ2) is 8.33. The molecule has 148 valence electrons. The Balaban J connectivity index is 1.80. The van der Waals surface area contributed by atoms with Gasteiger partial charge in [-0.3, -0.25) is 9.59 Å². The summed E-state index contributed by atoms with van der Waals surface area (Å²) in [5, 5.41) is 2.91. The van der Waals surface area contributed by atoms with Crippen LogP contribution in [0, 0.1) is 5.92 Å². The minimum Gasteiger partial charge on any atom is -0.497 e. The van der Waals surface area contributed by atoms with Crippen molar-refractivity contribution in [1.82, 2.24) is 4.90 Å². The van der Waals surface area contributed by atoms with Gasteiger partial charge >= 0.3 is 0 Å². The highest BCUT2D eigenvalue weighted by Gasteiger charge is 2.28. The largest absolute Gasteiger partial charge is 0.497 e. The molecule has 6 heteroatoms. The number of benzene rings is 2. The minimum atomic E-state index is -0.528. The normalized spacial score (nSPS) is 16.2. The molecule has 1 N–H and O–H groups in total. The predicted molar refractivity (Wildman–Crippen MR) is 108 cm³/mol. The Labute approximate surface area is 165 Å². The number of rotatable bonds is 5. The van der Waals surface area contributed by atoms with Crippen LogP contribution in [0.3, 0.4) is 0 Å². The molecule has 1 unspecified atom stereocenters. The number of anilines is 1. The number of nitrogens with one attached hydrogen (secondary N) is 1. The number of carbonyl (C=O) groups excluding carboxylic acids is 2. The molecule has 6 nitrogen and oxygen atoms in total. The summed E-state index contributed by atoms with van der Waals surface area (Å²) < 4.78 is 11.0. The van der Waals surface area contributed by atoms with Gasteiger partial charge in [0.15, 0.2) is 6.10 Å². The summed E-state index contributed by atoms with van der Waals surface area (Å²) >= 11 is 0. The Kier molecular flexibility index (Phi) is 5.87. The van der Waals surface area contributed by atoms with E-state index in [-0.39, 0.29) is 11.8 Å². The average Bonchev–Trinajstić information content (AvgIpc) is 2.78. The molecule has 28 heavy (non-hydrogen) atoms. The first-order valence-corrected chi connectivity index (χ1v) is 9.41. The summed E-state index contributed by atoms with van der Waals surface area (Å²) in [6.07, 6.45) is -0.528. The summed E-state index contributed by atoms with van der Waals surface area (Å²) in [6.45, 7) is 7.05. The molecular formula is C22H26N2O4. The molecule has 0 aliphatic carbocycles. The van der Waals surface area contributed by atoms with Crippen molar-refractivity contribution < 1.29 is 19.1 Å². The van der Waals surface area contributed by atoms with E-state index in [9.17, 15) is 9.59 Å². The van der Waals surface area contributed by atoms with Gasteiger partial charge in [-0.15, -0.1) is 0 Å². The van der Waals surface area contributed by atoms with Gasteiger partial charge in [0.25, 0.3) is 11.8 Å². The Morgan fingerprint density at radius 1 is 1.25 bits per heavy atom. The van der Waals surface area contributed by atoms with Crippen LogP contribution >= 0.6 is 0 Å². The molecule has 0 fully saturated rings. The van der Waals surface area contributed by atoms with E-state index in [2.05, 4.69) is 19.2 Å². The fourth-order valence-electron chi connectivity index (χ4n) is 3.22. The van der Waals surface area contributed by atoms with Crippen molar-refractivity contribution in [2.75, 3.05) is 19.0 Å². The van der Waals surface area contributed by atoms with Gasteiger partial charge in [-0.05, 0) is 55.3 Å². The van der Waals surface area contributed by atoms with Gasteiger partial charge < -0.3 is 19.7 Å². The van der Waals surface area contributed by atoms with Crippen LogP contribution in [-0.2, 0) is 11.3 Å². The molecule has 0 saturated carbocycles. The zero-order valence-corrected chi connectivity index (χ0v) is 16.7. The van der Waals surface area contributed by atoms with E-state index in [1.165, 1.54) is 0 Å². The van der Waals surface area contributed by atoms with E-state index in [1.54, 1.807) is 44.4 Å². The number of nitrogens with zero attached hydrogens (tertiary/aromatic N) is 1. The van der Waals surface area contributed by atoms with Crippen LogP contribution in [0.1, 0.15) is 36.7 Å². The van der Waals surface area contributed by atoms with Crippen molar-refractivity contribution in [3.05, 3.63) is 53.6 Å². The van der Waals surface area contributed by atoms with Crippen molar-refractivity contribution in [3.63, 3.8) is 0 Å². The first-order valence-electron chi connectivity index (χ1n) is 9.41. The predicted octanol–water partition coefficient (Wildman–Crippen LogP) is 3.71. The van der Waals surface area contributed by atoms with Crippen LogP contribution in [0.15, 0.2) is 42.5 Å². The van der Waals surface area contributed by atoms with Crippen LogP contribution < -0.4 is 14.8 Å². The van der Waals surface area contributed by atoms with Crippen LogP contribution in [0.25, 0.3) is 0 Å². The second-order valence-corrected chi connectivity index (χ2v) is 7.38. The minimum absolute atomic E-state index is 0.0197. The van der Waals surface area contributed by atoms with E-state index in [4.69, 9.17) is 9.47 Å². The van der Waals surface area contributed by atoms with E-state index in [1.807, 2.05) is 17.0 Å². The van der Waals surface area contributed by atoms with Gasteiger partial charge in [-0.25, -0.2) is 0 Å².